The molecule has 1 fully saturated rings. The van der Waals surface area contributed by atoms with Gasteiger partial charge in [-0.25, -0.2) is 0 Å². The second-order valence-corrected chi connectivity index (χ2v) is 4.73. The van der Waals surface area contributed by atoms with Gasteiger partial charge in [-0.15, -0.1) is 0 Å². The van der Waals surface area contributed by atoms with E-state index in [-0.39, 0.29) is 0 Å². The van der Waals surface area contributed by atoms with Crippen molar-refractivity contribution < 1.29 is 14.9 Å². The summed E-state index contributed by atoms with van der Waals surface area (Å²) in [7, 11) is 0. The van der Waals surface area contributed by atoms with Crippen molar-refractivity contribution in [3.05, 3.63) is 35.9 Å². The number of rotatable bonds is 5. The van der Waals surface area contributed by atoms with E-state index in [4.69, 9.17) is 4.74 Å². The first-order valence-corrected chi connectivity index (χ1v) is 6.47. The number of benzene rings is 1. The summed E-state index contributed by atoms with van der Waals surface area (Å²) < 4.78 is 5.26. The van der Waals surface area contributed by atoms with Gasteiger partial charge in [0.25, 0.3) is 0 Å². The van der Waals surface area contributed by atoms with Crippen molar-refractivity contribution >= 4 is 0 Å². The predicted molar refractivity (Wildman–Crippen MR) is 69.3 cm³/mol. The van der Waals surface area contributed by atoms with E-state index in [2.05, 4.69) is 4.90 Å². The van der Waals surface area contributed by atoms with Crippen LogP contribution in [0.25, 0.3) is 0 Å². The van der Waals surface area contributed by atoms with Crippen LogP contribution in [0.3, 0.4) is 0 Å². The lowest BCUT2D eigenvalue weighted by molar-refractivity contribution is 0.00216. The molecular formula is C14H21NO3. The smallest absolute Gasteiger partial charge is 0.0815 e. The fraction of sp³-hybridized carbons (Fsp3) is 0.571. The lowest BCUT2D eigenvalue weighted by atomic mass is 10.0. The molecule has 1 aromatic carbocycles. The monoisotopic (exact) mass is 251 g/mol. The van der Waals surface area contributed by atoms with Crippen molar-refractivity contribution in [3.8, 4) is 0 Å². The van der Waals surface area contributed by atoms with E-state index >= 15 is 0 Å². The maximum Gasteiger partial charge on any atom is 0.0815 e. The van der Waals surface area contributed by atoms with Gasteiger partial charge < -0.3 is 14.9 Å². The van der Waals surface area contributed by atoms with Crippen LogP contribution in [0, 0.1) is 0 Å². The van der Waals surface area contributed by atoms with Gasteiger partial charge in [0, 0.05) is 26.1 Å². The molecule has 18 heavy (non-hydrogen) atoms. The Kier molecular flexibility index (Phi) is 5.13. The highest BCUT2D eigenvalue weighted by atomic mass is 16.5. The number of β-amino-alcohol motifs (C(OH)–C–C–N with tert-alkyl or cyclic N) is 1. The van der Waals surface area contributed by atoms with Crippen LogP contribution in [0.1, 0.15) is 18.1 Å². The fourth-order valence-electron chi connectivity index (χ4n) is 2.23. The third-order valence-corrected chi connectivity index (χ3v) is 3.25. The molecule has 1 aliphatic rings. The maximum atomic E-state index is 10.0. The molecule has 0 amide bonds. The van der Waals surface area contributed by atoms with Crippen LogP contribution in [0.2, 0.25) is 0 Å². The Morgan fingerprint density at radius 3 is 2.44 bits per heavy atom. The molecule has 1 saturated heterocycles. The maximum absolute atomic E-state index is 10.0. The van der Waals surface area contributed by atoms with Gasteiger partial charge in [-0.3, -0.25) is 4.90 Å². The number of morpholine rings is 1. The largest absolute Gasteiger partial charge is 0.392 e. The van der Waals surface area contributed by atoms with Crippen molar-refractivity contribution in [2.45, 2.75) is 18.6 Å². The predicted octanol–water partition coefficient (Wildman–Crippen LogP) is 0.803. The Morgan fingerprint density at radius 1 is 1.11 bits per heavy atom. The van der Waals surface area contributed by atoms with Gasteiger partial charge >= 0.3 is 0 Å². The zero-order valence-corrected chi connectivity index (χ0v) is 10.5. The number of hydrogen-bond acceptors (Lipinski definition) is 4. The summed E-state index contributed by atoms with van der Waals surface area (Å²) in [6.45, 7) is 3.78. The first-order valence-electron chi connectivity index (χ1n) is 6.47. The molecule has 4 nitrogen and oxygen atoms in total. The van der Waals surface area contributed by atoms with E-state index in [0.717, 1.165) is 31.9 Å². The van der Waals surface area contributed by atoms with Gasteiger partial charge in [0.1, 0.15) is 0 Å². The van der Waals surface area contributed by atoms with Crippen LogP contribution in [0.5, 0.6) is 0 Å². The van der Waals surface area contributed by atoms with Gasteiger partial charge in [0.15, 0.2) is 0 Å². The highest BCUT2D eigenvalue weighted by Crippen LogP contribution is 2.18. The molecule has 0 spiro atoms. The molecule has 2 rings (SSSR count). The molecule has 2 N–H and O–H groups in total. The van der Waals surface area contributed by atoms with E-state index in [0.29, 0.717) is 13.0 Å². The first-order chi connectivity index (χ1) is 8.75. The van der Waals surface area contributed by atoms with Crippen LogP contribution in [0.4, 0.5) is 0 Å². The van der Waals surface area contributed by atoms with E-state index in [1.54, 1.807) is 0 Å². The van der Waals surface area contributed by atoms with Crippen LogP contribution in [-0.2, 0) is 4.74 Å². The third kappa shape index (κ3) is 4.07. The average Bonchev–Trinajstić information content (AvgIpc) is 2.40. The normalized spacial score (nSPS) is 20.6. The Hall–Kier alpha value is -0.940. The van der Waals surface area contributed by atoms with Crippen molar-refractivity contribution in [2.75, 3.05) is 32.8 Å². The van der Waals surface area contributed by atoms with E-state index in [1.165, 1.54) is 0 Å². The molecule has 1 aromatic rings. The summed E-state index contributed by atoms with van der Waals surface area (Å²) in [6.07, 6.45) is -0.720. The van der Waals surface area contributed by atoms with Crippen molar-refractivity contribution in [1.82, 2.24) is 4.90 Å². The Balaban J connectivity index is 1.78. The van der Waals surface area contributed by atoms with Crippen LogP contribution < -0.4 is 0 Å². The topological polar surface area (TPSA) is 52.9 Å². The van der Waals surface area contributed by atoms with Gasteiger partial charge in [0.05, 0.1) is 25.4 Å². The second-order valence-electron chi connectivity index (χ2n) is 4.73. The van der Waals surface area contributed by atoms with Crippen LogP contribution in [0.15, 0.2) is 30.3 Å². The summed E-state index contributed by atoms with van der Waals surface area (Å²) >= 11 is 0. The number of ether oxygens (including phenoxy) is 1. The summed E-state index contributed by atoms with van der Waals surface area (Å²) in [4.78, 5) is 2.17. The highest BCUT2D eigenvalue weighted by molar-refractivity contribution is 5.17. The third-order valence-electron chi connectivity index (χ3n) is 3.25. The lowest BCUT2D eigenvalue weighted by Crippen LogP contribution is -2.41. The Labute approximate surface area is 108 Å². The molecule has 0 aliphatic carbocycles. The quantitative estimate of drug-likeness (QED) is 0.813. The highest BCUT2D eigenvalue weighted by Gasteiger charge is 2.18. The molecule has 1 heterocycles. The molecule has 0 unspecified atom stereocenters. The SMILES string of the molecule is O[C@H](C[C@H](O)c1ccccc1)CN1CCOCC1. The molecular weight excluding hydrogens is 230 g/mol. The van der Waals surface area contributed by atoms with Crippen molar-refractivity contribution in [3.63, 3.8) is 0 Å². The molecule has 0 radical (unpaired) electrons. The van der Waals surface area contributed by atoms with Gasteiger partial charge in [-0.05, 0) is 5.56 Å². The number of nitrogens with zero attached hydrogens (tertiary/aromatic N) is 1. The molecule has 0 bridgehead atoms. The minimum absolute atomic E-state index is 0.376. The summed E-state index contributed by atoms with van der Waals surface area (Å²) in [5.41, 5.74) is 0.860. The second kappa shape index (κ2) is 6.85. The molecule has 4 heteroatoms. The summed E-state index contributed by atoms with van der Waals surface area (Å²) in [6, 6.07) is 9.47. The Bertz CT molecular complexity index is 338. The number of hydrogen-bond donors (Lipinski definition) is 2. The Morgan fingerprint density at radius 2 is 1.78 bits per heavy atom. The summed E-state index contributed by atoms with van der Waals surface area (Å²) in [5, 5.41) is 20.0. The van der Waals surface area contributed by atoms with E-state index in [1.807, 2.05) is 30.3 Å². The molecule has 2 atom stereocenters. The minimum atomic E-state index is -0.595. The first kappa shape index (κ1) is 13.5. The van der Waals surface area contributed by atoms with Gasteiger partial charge in [0.2, 0.25) is 0 Å². The van der Waals surface area contributed by atoms with Crippen molar-refractivity contribution in [1.29, 1.82) is 0 Å². The molecule has 1 aliphatic heterocycles. The van der Waals surface area contributed by atoms with Crippen LogP contribution in [-0.4, -0.2) is 54.1 Å². The lowest BCUT2D eigenvalue weighted by Gasteiger charge is -2.29. The fourth-order valence-corrected chi connectivity index (χ4v) is 2.23. The van der Waals surface area contributed by atoms with E-state index < -0.39 is 12.2 Å². The van der Waals surface area contributed by atoms with Crippen molar-refractivity contribution in [2.24, 2.45) is 0 Å². The molecule has 0 saturated carbocycles. The molecule has 0 aromatic heterocycles. The zero-order valence-electron chi connectivity index (χ0n) is 10.5. The van der Waals surface area contributed by atoms with E-state index in [9.17, 15) is 10.2 Å². The zero-order chi connectivity index (χ0) is 12.8. The summed E-state index contributed by atoms with van der Waals surface area (Å²) in [5.74, 6) is 0. The number of aliphatic hydroxyl groups is 2. The average molecular weight is 251 g/mol. The number of aliphatic hydroxyl groups excluding tert-OH is 2. The van der Waals surface area contributed by atoms with Gasteiger partial charge in [-0.2, -0.15) is 0 Å². The standard InChI is InChI=1S/C14H21NO3/c16-13(11-15-6-8-18-9-7-15)10-14(17)12-4-2-1-3-5-12/h1-5,13-14,16-17H,6-11H2/t13-,14+/m1/s1. The molecule has 100 valence electrons. The minimum Gasteiger partial charge on any atom is -0.392 e. The van der Waals surface area contributed by atoms with Crippen LogP contribution >= 0.6 is 0 Å². The van der Waals surface area contributed by atoms with Gasteiger partial charge in [-0.1, -0.05) is 30.3 Å².